The molecule has 0 saturated heterocycles. The third-order valence-electron chi connectivity index (χ3n) is 2.86. The quantitative estimate of drug-likeness (QED) is 0.846. The molecule has 6 nitrogen and oxygen atoms in total. The van der Waals surface area contributed by atoms with E-state index in [9.17, 15) is 4.79 Å². The van der Waals surface area contributed by atoms with Crippen LogP contribution < -0.4 is 10.6 Å². The average molecular weight is 263 g/mol. The molecule has 0 aliphatic heterocycles. The van der Waals surface area contributed by atoms with Crippen molar-refractivity contribution in [1.82, 2.24) is 4.98 Å². The lowest BCUT2D eigenvalue weighted by atomic mass is 10.2. The summed E-state index contributed by atoms with van der Waals surface area (Å²) in [6.45, 7) is 2.26. The fourth-order valence-corrected chi connectivity index (χ4v) is 2.01. The van der Waals surface area contributed by atoms with Gasteiger partial charge in [-0.15, -0.1) is 0 Å². The average Bonchev–Trinajstić information content (AvgIpc) is 2.66. The highest BCUT2D eigenvalue weighted by Crippen LogP contribution is 2.22. The number of carboxylic acid groups (broad SMARTS) is 1. The summed E-state index contributed by atoms with van der Waals surface area (Å²) in [4.78, 5) is 16.7. The molecular weight excluding hydrogens is 246 g/mol. The predicted octanol–water partition coefficient (Wildman–Crippen LogP) is 1.37. The molecule has 0 saturated carbocycles. The Morgan fingerprint density at radius 1 is 1.58 bits per heavy atom. The summed E-state index contributed by atoms with van der Waals surface area (Å²) >= 11 is 0. The van der Waals surface area contributed by atoms with Crippen molar-refractivity contribution in [1.29, 1.82) is 0 Å². The number of aromatic nitrogens is 1. The summed E-state index contributed by atoms with van der Waals surface area (Å²) in [7, 11) is 1.87. The van der Waals surface area contributed by atoms with Gasteiger partial charge in [-0.2, -0.15) is 0 Å². The van der Waals surface area contributed by atoms with Crippen molar-refractivity contribution in [3.63, 3.8) is 0 Å². The fourth-order valence-electron chi connectivity index (χ4n) is 2.01. The molecule has 1 unspecified atom stereocenters. The minimum absolute atomic E-state index is 0.0476. The van der Waals surface area contributed by atoms with Crippen molar-refractivity contribution in [3.8, 4) is 0 Å². The monoisotopic (exact) mass is 263 g/mol. The molecule has 102 valence electrons. The van der Waals surface area contributed by atoms with Crippen LogP contribution in [0.25, 0.3) is 11.1 Å². The number of likely N-dealkylation sites (N-methyl/N-ethyl adjacent to an activating group) is 1. The van der Waals surface area contributed by atoms with E-state index < -0.39 is 12.0 Å². The molecule has 2 rings (SSSR count). The molecule has 1 heterocycles. The molecule has 1 aromatic heterocycles. The lowest BCUT2D eigenvalue weighted by molar-refractivity contribution is -0.137. The molecule has 0 bridgehead atoms. The van der Waals surface area contributed by atoms with Crippen molar-refractivity contribution in [2.24, 2.45) is 5.73 Å². The van der Waals surface area contributed by atoms with Crippen LogP contribution in [-0.2, 0) is 4.79 Å². The Kier molecular flexibility index (Phi) is 3.71. The molecular formula is C13H17N3O3. The fraction of sp³-hybridized carbons (Fsp3) is 0.385. The maximum atomic E-state index is 10.6. The molecule has 0 amide bonds. The lowest BCUT2D eigenvalue weighted by Crippen LogP contribution is -2.36. The molecule has 0 aliphatic rings. The summed E-state index contributed by atoms with van der Waals surface area (Å²) < 4.78 is 5.47. The van der Waals surface area contributed by atoms with Gasteiger partial charge in [0.05, 0.1) is 6.42 Å². The Balaban J connectivity index is 2.12. The first kappa shape index (κ1) is 13.4. The van der Waals surface area contributed by atoms with Crippen LogP contribution in [-0.4, -0.2) is 35.7 Å². The summed E-state index contributed by atoms with van der Waals surface area (Å²) in [6.07, 6.45) is -0.0476. The van der Waals surface area contributed by atoms with E-state index in [1.807, 2.05) is 30.1 Å². The van der Waals surface area contributed by atoms with Gasteiger partial charge >= 0.3 is 5.97 Å². The zero-order valence-corrected chi connectivity index (χ0v) is 11.0. The third kappa shape index (κ3) is 3.23. The van der Waals surface area contributed by atoms with E-state index in [-0.39, 0.29) is 6.42 Å². The molecule has 0 radical (unpaired) electrons. The summed E-state index contributed by atoms with van der Waals surface area (Å²) in [5.41, 5.74) is 8.22. The van der Waals surface area contributed by atoms with E-state index in [1.165, 1.54) is 0 Å². The van der Waals surface area contributed by atoms with Gasteiger partial charge in [0.2, 0.25) is 0 Å². The van der Waals surface area contributed by atoms with Gasteiger partial charge in [-0.3, -0.25) is 4.79 Å². The highest BCUT2D eigenvalue weighted by atomic mass is 16.4. The minimum atomic E-state index is -0.887. The van der Waals surface area contributed by atoms with Crippen LogP contribution in [0.15, 0.2) is 22.6 Å². The molecule has 1 aromatic carbocycles. The first-order valence-corrected chi connectivity index (χ1v) is 6.01. The SMILES string of the molecule is Cc1nc2ccc(N(C)CC(N)CC(=O)O)cc2o1. The Labute approximate surface area is 110 Å². The summed E-state index contributed by atoms with van der Waals surface area (Å²) in [6, 6.07) is 5.26. The third-order valence-corrected chi connectivity index (χ3v) is 2.86. The number of aryl methyl sites for hydroxylation is 1. The van der Waals surface area contributed by atoms with Crippen LogP contribution in [0.3, 0.4) is 0 Å². The van der Waals surface area contributed by atoms with Crippen LogP contribution in [0.5, 0.6) is 0 Å². The standard InChI is InChI=1S/C13H17N3O3/c1-8-15-11-4-3-10(6-12(11)19-8)16(2)7-9(14)5-13(17)18/h3-4,6,9H,5,7,14H2,1-2H3,(H,17,18). The summed E-state index contributed by atoms with van der Waals surface area (Å²) in [5.74, 6) is -0.264. The normalized spacial score (nSPS) is 12.6. The number of fused-ring (bicyclic) bond motifs is 1. The first-order valence-electron chi connectivity index (χ1n) is 6.01. The number of nitrogens with zero attached hydrogens (tertiary/aromatic N) is 2. The zero-order valence-electron chi connectivity index (χ0n) is 11.0. The van der Waals surface area contributed by atoms with Gasteiger partial charge in [-0.1, -0.05) is 0 Å². The van der Waals surface area contributed by atoms with Crippen LogP contribution in [0, 0.1) is 6.92 Å². The number of rotatable bonds is 5. The number of carboxylic acids is 1. The topological polar surface area (TPSA) is 92.6 Å². The van der Waals surface area contributed by atoms with Crippen molar-refractivity contribution < 1.29 is 14.3 Å². The Morgan fingerprint density at radius 3 is 3.00 bits per heavy atom. The number of hydrogen-bond donors (Lipinski definition) is 2. The second-order valence-electron chi connectivity index (χ2n) is 4.62. The van der Waals surface area contributed by atoms with Crippen molar-refractivity contribution in [3.05, 3.63) is 24.1 Å². The van der Waals surface area contributed by atoms with Crippen LogP contribution >= 0.6 is 0 Å². The van der Waals surface area contributed by atoms with Gasteiger partial charge in [0, 0.05) is 38.3 Å². The number of hydrogen-bond acceptors (Lipinski definition) is 5. The second-order valence-corrected chi connectivity index (χ2v) is 4.62. The Hall–Kier alpha value is -2.08. The van der Waals surface area contributed by atoms with Gasteiger partial charge in [0.25, 0.3) is 0 Å². The van der Waals surface area contributed by atoms with Gasteiger partial charge < -0.3 is 20.2 Å². The van der Waals surface area contributed by atoms with Crippen LogP contribution in [0.2, 0.25) is 0 Å². The van der Waals surface area contributed by atoms with E-state index in [0.29, 0.717) is 18.0 Å². The second kappa shape index (κ2) is 5.27. The lowest BCUT2D eigenvalue weighted by Gasteiger charge is -2.22. The van der Waals surface area contributed by atoms with Crippen molar-refractivity contribution in [2.45, 2.75) is 19.4 Å². The number of nitrogens with two attached hydrogens (primary N) is 1. The number of carbonyl (C=O) groups is 1. The van der Waals surface area contributed by atoms with E-state index >= 15 is 0 Å². The smallest absolute Gasteiger partial charge is 0.304 e. The highest BCUT2D eigenvalue weighted by Gasteiger charge is 2.12. The summed E-state index contributed by atoms with van der Waals surface area (Å²) in [5, 5.41) is 8.69. The largest absolute Gasteiger partial charge is 0.481 e. The molecule has 6 heteroatoms. The van der Waals surface area contributed by atoms with E-state index in [1.54, 1.807) is 6.92 Å². The van der Waals surface area contributed by atoms with Gasteiger partial charge in [-0.05, 0) is 12.1 Å². The van der Waals surface area contributed by atoms with Crippen molar-refractivity contribution >= 4 is 22.8 Å². The van der Waals surface area contributed by atoms with E-state index in [4.69, 9.17) is 15.3 Å². The number of benzene rings is 1. The number of aliphatic carboxylic acids is 1. The molecule has 0 aliphatic carbocycles. The maximum absolute atomic E-state index is 10.6. The predicted molar refractivity (Wildman–Crippen MR) is 72.2 cm³/mol. The number of anilines is 1. The molecule has 1 atom stereocenters. The Morgan fingerprint density at radius 2 is 2.32 bits per heavy atom. The van der Waals surface area contributed by atoms with Crippen molar-refractivity contribution in [2.75, 3.05) is 18.5 Å². The van der Waals surface area contributed by atoms with E-state index in [0.717, 1.165) is 11.2 Å². The zero-order chi connectivity index (χ0) is 14.0. The highest BCUT2D eigenvalue weighted by molar-refractivity contribution is 5.77. The molecule has 2 aromatic rings. The molecule has 19 heavy (non-hydrogen) atoms. The number of oxazole rings is 1. The van der Waals surface area contributed by atoms with Crippen LogP contribution in [0.1, 0.15) is 12.3 Å². The Bertz CT molecular complexity index is 594. The molecule has 3 N–H and O–H groups in total. The van der Waals surface area contributed by atoms with Gasteiger partial charge in [0.1, 0.15) is 5.52 Å². The first-order chi connectivity index (χ1) is 8.95. The molecule has 0 fully saturated rings. The van der Waals surface area contributed by atoms with Crippen LogP contribution in [0.4, 0.5) is 5.69 Å². The van der Waals surface area contributed by atoms with Gasteiger partial charge in [0.15, 0.2) is 11.5 Å². The maximum Gasteiger partial charge on any atom is 0.304 e. The van der Waals surface area contributed by atoms with E-state index in [2.05, 4.69) is 4.98 Å². The minimum Gasteiger partial charge on any atom is -0.481 e. The molecule has 0 spiro atoms. The van der Waals surface area contributed by atoms with Gasteiger partial charge in [-0.25, -0.2) is 4.98 Å².